The van der Waals surface area contributed by atoms with Gasteiger partial charge in [-0.2, -0.15) is 10.4 Å². The van der Waals surface area contributed by atoms with E-state index in [1.807, 2.05) is 20.2 Å². The summed E-state index contributed by atoms with van der Waals surface area (Å²) in [6.07, 6.45) is 1.96. The average Bonchev–Trinajstić information content (AvgIpc) is 2.65. The highest BCUT2D eigenvalue weighted by atomic mass is 35.5. The van der Waals surface area contributed by atoms with Crippen LogP contribution in [0, 0.1) is 18.3 Å². The van der Waals surface area contributed by atoms with Gasteiger partial charge in [-0.1, -0.05) is 11.6 Å². The Morgan fingerprint density at radius 2 is 2.28 bits per heavy atom. The Morgan fingerprint density at radius 1 is 1.50 bits per heavy atom. The van der Waals surface area contributed by atoms with Crippen molar-refractivity contribution in [3.63, 3.8) is 0 Å². The van der Waals surface area contributed by atoms with Crippen molar-refractivity contribution in [2.45, 2.75) is 13.5 Å². The molecule has 0 bridgehead atoms. The quantitative estimate of drug-likeness (QED) is 0.923. The number of hydrogen-bond acceptors (Lipinski definition) is 3. The van der Waals surface area contributed by atoms with Crippen LogP contribution in [0.15, 0.2) is 24.4 Å². The van der Waals surface area contributed by atoms with Crippen molar-refractivity contribution in [2.24, 2.45) is 7.05 Å². The fourth-order valence-corrected chi connectivity index (χ4v) is 1.94. The average molecular weight is 261 g/mol. The van der Waals surface area contributed by atoms with Gasteiger partial charge in [0.2, 0.25) is 0 Å². The molecule has 4 nitrogen and oxygen atoms in total. The summed E-state index contributed by atoms with van der Waals surface area (Å²) in [6, 6.07) is 7.31. The Kier molecular flexibility index (Phi) is 3.54. The summed E-state index contributed by atoms with van der Waals surface area (Å²) in [6.45, 7) is 2.58. The third-order valence-corrected chi connectivity index (χ3v) is 2.92. The molecule has 0 radical (unpaired) electrons. The first-order chi connectivity index (χ1) is 8.60. The third kappa shape index (κ3) is 2.63. The first-order valence-corrected chi connectivity index (χ1v) is 5.90. The van der Waals surface area contributed by atoms with Crippen LogP contribution in [-0.2, 0) is 13.6 Å². The van der Waals surface area contributed by atoms with E-state index in [0.717, 1.165) is 16.9 Å². The largest absolute Gasteiger partial charge is 0.380 e. The standard InChI is InChI=1S/C13H13ClN4/c1-9-11(8-18(2)17-9)7-16-13-5-12(14)4-3-10(13)6-15/h3-5,8,16H,7H2,1-2H3. The molecule has 1 N–H and O–H groups in total. The van der Waals surface area contributed by atoms with E-state index >= 15 is 0 Å². The molecule has 0 saturated heterocycles. The Bertz CT molecular complexity index is 610. The van der Waals surface area contributed by atoms with Crippen LogP contribution in [0.25, 0.3) is 0 Å². The topological polar surface area (TPSA) is 53.6 Å². The molecule has 18 heavy (non-hydrogen) atoms. The van der Waals surface area contributed by atoms with Crippen LogP contribution in [0.1, 0.15) is 16.8 Å². The lowest BCUT2D eigenvalue weighted by Gasteiger charge is -2.07. The molecule has 1 aromatic heterocycles. The van der Waals surface area contributed by atoms with Crippen molar-refractivity contribution in [3.05, 3.63) is 46.2 Å². The highest BCUT2D eigenvalue weighted by Crippen LogP contribution is 2.21. The predicted octanol–water partition coefficient (Wildman–Crippen LogP) is 2.87. The maximum atomic E-state index is 9.02. The van der Waals surface area contributed by atoms with E-state index in [1.165, 1.54) is 0 Å². The van der Waals surface area contributed by atoms with Crippen LogP contribution in [0.4, 0.5) is 5.69 Å². The number of hydrogen-bond donors (Lipinski definition) is 1. The maximum absolute atomic E-state index is 9.02. The van der Waals surface area contributed by atoms with E-state index in [4.69, 9.17) is 16.9 Å². The van der Waals surface area contributed by atoms with Gasteiger partial charge in [-0.05, 0) is 25.1 Å². The highest BCUT2D eigenvalue weighted by Gasteiger charge is 2.06. The number of nitriles is 1. The van der Waals surface area contributed by atoms with Crippen LogP contribution >= 0.6 is 11.6 Å². The minimum absolute atomic E-state index is 0.584. The molecule has 0 atom stereocenters. The second kappa shape index (κ2) is 5.11. The van der Waals surface area contributed by atoms with E-state index in [-0.39, 0.29) is 0 Å². The van der Waals surface area contributed by atoms with Crippen molar-refractivity contribution < 1.29 is 0 Å². The molecule has 0 aliphatic carbocycles. The molecule has 0 aliphatic heterocycles. The van der Waals surface area contributed by atoms with E-state index in [9.17, 15) is 0 Å². The summed E-state index contributed by atoms with van der Waals surface area (Å²) >= 11 is 5.93. The normalized spacial score (nSPS) is 10.1. The number of anilines is 1. The zero-order valence-corrected chi connectivity index (χ0v) is 11.0. The fourth-order valence-electron chi connectivity index (χ4n) is 1.77. The SMILES string of the molecule is Cc1nn(C)cc1CNc1cc(Cl)ccc1C#N. The van der Waals surface area contributed by atoms with Gasteiger partial charge in [0.25, 0.3) is 0 Å². The molecule has 0 amide bonds. The molecule has 0 saturated carbocycles. The summed E-state index contributed by atoms with van der Waals surface area (Å²) in [5.74, 6) is 0. The van der Waals surface area contributed by atoms with Gasteiger partial charge >= 0.3 is 0 Å². The fraction of sp³-hybridized carbons (Fsp3) is 0.231. The molecular weight excluding hydrogens is 248 g/mol. The Hall–Kier alpha value is -1.99. The van der Waals surface area contributed by atoms with Gasteiger partial charge in [-0.15, -0.1) is 0 Å². The van der Waals surface area contributed by atoms with Crippen LogP contribution in [-0.4, -0.2) is 9.78 Å². The van der Waals surface area contributed by atoms with Gasteiger partial charge < -0.3 is 5.32 Å². The van der Waals surface area contributed by atoms with Gasteiger partial charge in [-0.25, -0.2) is 0 Å². The summed E-state index contributed by atoms with van der Waals surface area (Å²) in [5.41, 5.74) is 3.40. The van der Waals surface area contributed by atoms with E-state index in [1.54, 1.807) is 22.9 Å². The molecule has 2 rings (SSSR count). The number of benzene rings is 1. The number of nitrogens with one attached hydrogen (secondary N) is 1. The number of nitrogens with zero attached hydrogens (tertiary/aromatic N) is 3. The highest BCUT2D eigenvalue weighted by molar-refractivity contribution is 6.30. The zero-order chi connectivity index (χ0) is 13.1. The van der Waals surface area contributed by atoms with Crippen molar-refractivity contribution in [3.8, 4) is 6.07 Å². The molecule has 0 fully saturated rings. The number of halogens is 1. The number of aryl methyl sites for hydroxylation is 2. The third-order valence-electron chi connectivity index (χ3n) is 2.69. The Balaban J connectivity index is 2.18. The maximum Gasteiger partial charge on any atom is 0.101 e. The van der Waals surface area contributed by atoms with Crippen molar-refractivity contribution in [1.29, 1.82) is 5.26 Å². The van der Waals surface area contributed by atoms with E-state index in [2.05, 4.69) is 16.5 Å². The molecule has 0 aliphatic rings. The second-order valence-electron chi connectivity index (χ2n) is 4.07. The molecule has 0 spiro atoms. The first-order valence-electron chi connectivity index (χ1n) is 5.53. The number of rotatable bonds is 3. The number of aromatic nitrogens is 2. The minimum atomic E-state index is 0.584. The van der Waals surface area contributed by atoms with Gasteiger partial charge in [-0.3, -0.25) is 4.68 Å². The summed E-state index contributed by atoms with van der Waals surface area (Å²) in [5, 5.41) is 17.1. The minimum Gasteiger partial charge on any atom is -0.380 e. The zero-order valence-electron chi connectivity index (χ0n) is 10.2. The monoisotopic (exact) mass is 260 g/mol. The lowest BCUT2D eigenvalue weighted by Crippen LogP contribution is -2.01. The molecule has 5 heteroatoms. The van der Waals surface area contributed by atoms with Crippen LogP contribution in [0.3, 0.4) is 0 Å². The van der Waals surface area contributed by atoms with Crippen molar-refractivity contribution in [1.82, 2.24) is 9.78 Å². The van der Waals surface area contributed by atoms with Gasteiger partial charge in [0.1, 0.15) is 6.07 Å². The van der Waals surface area contributed by atoms with Crippen molar-refractivity contribution >= 4 is 17.3 Å². The van der Waals surface area contributed by atoms with Crippen LogP contribution in [0.2, 0.25) is 5.02 Å². The summed E-state index contributed by atoms with van der Waals surface area (Å²) in [7, 11) is 1.89. The molecule has 2 aromatic rings. The van der Waals surface area contributed by atoms with E-state index in [0.29, 0.717) is 17.1 Å². The lowest BCUT2D eigenvalue weighted by molar-refractivity contribution is 0.756. The molecule has 1 aromatic carbocycles. The van der Waals surface area contributed by atoms with Gasteiger partial charge in [0.05, 0.1) is 16.9 Å². The Labute approximate surface area is 111 Å². The summed E-state index contributed by atoms with van der Waals surface area (Å²) in [4.78, 5) is 0. The smallest absolute Gasteiger partial charge is 0.101 e. The molecule has 92 valence electrons. The van der Waals surface area contributed by atoms with E-state index < -0.39 is 0 Å². The van der Waals surface area contributed by atoms with Crippen molar-refractivity contribution in [2.75, 3.05) is 5.32 Å². The van der Waals surface area contributed by atoms with Gasteiger partial charge in [0, 0.05) is 30.4 Å². The lowest BCUT2D eigenvalue weighted by atomic mass is 10.2. The van der Waals surface area contributed by atoms with Gasteiger partial charge in [0.15, 0.2) is 0 Å². The predicted molar refractivity (Wildman–Crippen MR) is 71.4 cm³/mol. The molecule has 0 unspecified atom stereocenters. The molecular formula is C13H13ClN4. The Morgan fingerprint density at radius 3 is 2.89 bits per heavy atom. The second-order valence-corrected chi connectivity index (χ2v) is 4.51. The summed E-state index contributed by atoms with van der Waals surface area (Å²) < 4.78 is 1.77. The first kappa shape index (κ1) is 12.5. The molecule has 1 heterocycles. The van der Waals surface area contributed by atoms with Crippen LogP contribution in [0.5, 0.6) is 0 Å². The van der Waals surface area contributed by atoms with Crippen LogP contribution < -0.4 is 5.32 Å².